The molecule has 0 bridgehead atoms. The number of nitrogens with one attached hydrogen (secondary N) is 2. The van der Waals surface area contributed by atoms with Gasteiger partial charge >= 0.3 is 0 Å². The van der Waals surface area contributed by atoms with Crippen molar-refractivity contribution in [3.63, 3.8) is 0 Å². The quantitative estimate of drug-likeness (QED) is 0.908. The summed E-state index contributed by atoms with van der Waals surface area (Å²) >= 11 is 7.35. The molecule has 19 heavy (non-hydrogen) atoms. The van der Waals surface area contributed by atoms with Crippen LogP contribution in [0.2, 0.25) is 5.02 Å². The highest BCUT2D eigenvalue weighted by Gasteiger charge is 2.25. The first-order chi connectivity index (χ1) is 9.19. The summed E-state index contributed by atoms with van der Waals surface area (Å²) in [6.45, 7) is 0. The topological polar surface area (TPSA) is 68.7 Å². The molecule has 0 atom stereocenters. The maximum Gasteiger partial charge on any atom is 0.278 e. The van der Waals surface area contributed by atoms with Crippen molar-refractivity contribution in [2.45, 2.75) is 18.8 Å². The Kier molecular flexibility index (Phi) is 3.05. The van der Waals surface area contributed by atoms with Gasteiger partial charge in [0.1, 0.15) is 11.1 Å². The molecule has 2 aromatic rings. The van der Waals surface area contributed by atoms with Crippen LogP contribution in [0.5, 0.6) is 0 Å². The van der Waals surface area contributed by atoms with Crippen LogP contribution in [0.15, 0.2) is 23.0 Å². The van der Waals surface area contributed by atoms with E-state index in [-0.39, 0.29) is 11.1 Å². The molecule has 3 rings (SSSR count). The summed E-state index contributed by atoms with van der Waals surface area (Å²) in [7, 11) is 0. The lowest BCUT2D eigenvalue weighted by atomic mass is 10.1. The smallest absolute Gasteiger partial charge is 0.278 e. The molecule has 1 aliphatic carbocycles. The SMILES string of the molecule is N#Cc1c(Nc2ccc(C3CC3)c(Cl)c2)s[nH]c1=O. The van der Waals surface area contributed by atoms with Crippen LogP contribution in [0.25, 0.3) is 0 Å². The normalized spacial score (nSPS) is 14.1. The maximum absolute atomic E-state index is 11.3. The van der Waals surface area contributed by atoms with Gasteiger partial charge in [0.25, 0.3) is 5.56 Å². The van der Waals surface area contributed by atoms with Crippen molar-refractivity contribution >= 4 is 33.8 Å². The third-order valence-corrected chi connectivity index (χ3v) is 4.21. The maximum atomic E-state index is 11.3. The highest BCUT2D eigenvalue weighted by molar-refractivity contribution is 7.10. The molecule has 1 aromatic heterocycles. The molecular formula is C13H10ClN3OS. The molecule has 0 spiro atoms. The fraction of sp³-hybridized carbons (Fsp3) is 0.231. The Labute approximate surface area is 118 Å². The Morgan fingerprint density at radius 2 is 2.26 bits per heavy atom. The number of hydrogen-bond acceptors (Lipinski definition) is 4. The lowest BCUT2D eigenvalue weighted by Crippen LogP contribution is -2.02. The third-order valence-electron chi connectivity index (χ3n) is 3.09. The number of rotatable bonds is 3. The van der Waals surface area contributed by atoms with Crippen molar-refractivity contribution in [2.24, 2.45) is 0 Å². The van der Waals surface area contributed by atoms with Crippen molar-refractivity contribution in [2.75, 3.05) is 5.32 Å². The van der Waals surface area contributed by atoms with E-state index < -0.39 is 0 Å². The van der Waals surface area contributed by atoms with Gasteiger partial charge in [-0.15, -0.1) is 0 Å². The molecule has 1 saturated carbocycles. The third kappa shape index (κ3) is 2.37. The highest BCUT2D eigenvalue weighted by Crippen LogP contribution is 2.44. The first-order valence-corrected chi connectivity index (χ1v) is 7.06. The first kappa shape index (κ1) is 12.3. The van der Waals surface area contributed by atoms with E-state index in [4.69, 9.17) is 16.9 Å². The Morgan fingerprint density at radius 3 is 2.89 bits per heavy atom. The predicted molar refractivity (Wildman–Crippen MR) is 76.4 cm³/mol. The number of aromatic nitrogens is 1. The molecule has 1 heterocycles. The molecule has 1 fully saturated rings. The summed E-state index contributed by atoms with van der Waals surface area (Å²) in [5.41, 5.74) is 1.69. The van der Waals surface area contributed by atoms with Gasteiger partial charge in [0, 0.05) is 10.7 Å². The van der Waals surface area contributed by atoms with Crippen molar-refractivity contribution in [1.29, 1.82) is 5.26 Å². The molecule has 0 unspecified atom stereocenters. The Bertz CT molecular complexity index is 724. The fourth-order valence-electron chi connectivity index (χ4n) is 1.95. The minimum absolute atomic E-state index is 0.104. The van der Waals surface area contributed by atoms with E-state index >= 15 is 0 Å². The van der Waals surface area contributed by atoms with E-state index in [1.807, 2.05) is 24.3 Å². The lowest BCUT2D eigenvalue weighted by Gasteiger charge is -2.07. The number of nitriles is 1. The Balaban J connectivity index is 1.89. The standard InChI is InChI=1S/C13H10ClN3OS/c14-11-5-8(3-4-9(11)7-1-2-7)16-13-10(6-15)12(18)17-19-13/h3-5,7,16H,1-2H2,(H,17,18). The van der Waals surface area contributed by atoms with Crippen LogP contribution in [0, 0.1) is 11.3 Å². The van der Waals surface area contributed by atoms with Crippen LogP contribution in [0.1, 0.15) is 29.9 Å². The molecule has 96 valence electrons. The zero-order valence-electron chi connectivity index (χ0n) is 9.87. The van der Waals surface area contributed by atoms with Gasteiger partial charge < -0.3 is 5.32 Å². The van der Waals surface area contributed by atoms with E-state index in [1.54, 1.807) is 0 Å². The molecule has 1 aromatic carbocycles. The summed E-state index contributed by atoms with van der Waals surface area (Å²) in [6, 6.07) is 7.65. The molecule has 1 aliphatic rings. The van der Waals surface area contributed by atoms with E-state index in [9.17, 15) is 4.79 Å². The first-order valence-electron chi connectivity index (χ1n) is 5.87. The second-order valence-electron chi connectivity index (χ2n) is 4.48. The van der Waals surface area contributed by atoms with Crippen molar-refractivity contribution < 1.29 is 0 Å². The fourth-order valence-corrected chi connectivity index (χ4v) is 2.99. The van der Waals surface area contributed by atoms with Crippen LogP contribution in [-0.2, 0) is 0 Å². The summed E-state index contributed by atoms with van der Waals surface area (Å²) in [6.07, 6.45) is 2.40. The molecule has 4 nitrogen and oxygen atoms in total. The molecular weight excluding hydrogens is 282 g/mol. The average Bonchev–Trinajstić information content (AvgIpc) is 3.15. The second kappa shape index (κ2) is 4.72. The Hall–Kier alpha value is -1.77. The van der Waals surface area contributed by atoms with E-state index in [2.05, 4.69) is 9.69 Å². The largest absolute Gasteiger partial charge is 0.345 e. The monoisotopic (exact) mass is 291 g/mol. The number of benzene rings is 1. The number of hydrogen-bond donors (Lipinski definition) is 2. The van der Waals surface area contributed by atoms with Crippen LogP contribution in [-0.4, -0.2) is 4.37 Å². The number of halogens is 1. The number of H-pyrrole nitrogens is 1. The summed E-state index contributed by atoms with van der Waals surface area (Å²) in [4.78, 5) is 11.3. The molecule has 2 N–H and O–H groups in total. The molecule has 0 saturated heterocycles. The van der Waals surface area contributed by atoms with Crippen molar-refractivity contribution in [1.82, 2.24) is 4.37 Å². The zero-order chi connectivity index (χ0) is 13.4. The minimum atomic E-state index is -0.365. The van der Waals surface area contributed by atoms with Crippen LogP contribution in [0.3, 0.4) is 0 Å². The lowest BCUT2D eigenvalue weighted by molar-refractivity contribution is 1.13. The number of anilines is 2. The van der Waals surface area contributed by atoms with Crippen LogP contribution < -0.4 is 10.9 Å². The van der Waals surface area contributed by atoms with Gasteiger partial charge in [-0.25, -0.2) is 0 Å². The Morgan fingerprint density at radius 1 is 1.47 bits per heavy atom. The molecule has 0 amide bonds. The van der Waals surface area contributed by atoms with Crippen molar-refractivity contribution in [3.8, 4) is 6.07 Å². The summed E-state index contributed by atoms with van der Waals surface area (Å²) in [5, 5.41) is 13.2. The highest BCUT2D eigenvalue weighted by atomic mass is 35.5. The van der Waals surface area contributed by atoms with Gasteiger partial charge in [-0.1, -0.05) is 17.7 Å². The predicted octanol–water partition coefficient (Wildman–Crippen LogP) is 3.58. The van der Waals surface area contributed by atoms with E-state index in [0.717, 1.165) is 22.2 Å². The molecule has 6 heteroatoms. The van der Waals surface area contributed by atoms with Gasteiger partial charge in [0.05, 0.1) is 0 Å². The summed E-state index contributed by atoms with van der Waals surface area (Å²) < 4.78 is 2.53. The molecule has 0 radical (unpaired) electrons. The van der Waals surface area contributed by atoms with E-state index in [0.29, 0.717) is 10.9 Å². The zero-order valence-corrected chi connectivity index (χ0v) is 11.4. The van der Waals surface area contributed by atoms with Gasteiger partial charge in [0.15, 0.2) is 5.56 Å². The van der Waals surface area contributed by atoms with Crippen LogP contribution in [0.4, 0.5) is 10.7 Å². The minimum Gasteiger partial charge on any atom is -0.345 e. The number of aromatic amines is 1. The van der Waals surface area contributed by atoms with Crippen LogP contribution >= 0.6 is 23.1 Å². The average molecular weight is 292 g/mol. The van der Waals surface area contributed by atoms with Crippen molar-refractivity contribution in [3.05, 3.63) is 44.7 Å². The number of nitrogens with zero attached hydrogens (tertiary/aromatic N) is 1. The van der Waals surface area contributed by atoms with Gasteiger partial charge in [-0.05, 0) is 48.0 Å². The van der Waals surface area contributed by atoms with Gasteiger partial charge in [-0.3, -0.25) is 9.17 Å². The second-order valence-corrected chi connectivity index (χ2v) is 5.71. The van der Waals surface area contributed by atoms with E-state index in [1.165, 1.54) is 18.4 Å². The summed E-state index contributed by atoms with van der Waals surface area (Å²) in [5.74, 6) is 0.597. The molecule has 0 aliphatic heterocycles. The van der Waals surface area contributed by atoms with Gasteiger partial charge in [-0.2, -0.15) is 5.26 Å². The van der Waals surface area contributed by atoms with Gasteiger partial charge in [0.2, 0.25) is 0 Å².